The molecule has 0 aliphatic carbocycles. The normalized spacial score (nSPS) is 17.3. The smallest absolute Gasteiger partial charge is 0.341 e. The first kappa shape index (κ1) is 17.5. The summed E-state index contributed by atoms with van der Waals surface area (Å²) in [5.41, 5.74) is 1.71. The zero-order valence-electron chi connectivity index (χ0n) is 15.1. The fourth-order valence-corrected chi connectivity index (χ4v) is 3.75. The second kappa shape index (κ2) is 7.34. The number of esters is 1. The second-order valence-electron chi connectivity index (χ2n) is 6.66. The van der Waals surface area contributed by atoms with Crippen molar-refractivity contribution < 1.29 is 13.9 Å². The summed E-state index contributed by atoms with van der Waals surface area (Å²) in [6.45, 7) is 3.50. The van der Waals surface area contributed by atoms with Crippen LogP contribution in [0.3, 0.4) is 0 Å². The van der Waals surface area contributed by atoms with Gasteiger partial charge in [-0.05, 0) is 38.0 Å². The van der Waals surface area contributed by atoms with Crippen LogP contribution in [0.5, 0.6) is 0 Å². The van der Waals surface area contributed by atoms with Crippen LogP contribution in [0.25, 0.3) is 10.9 Å². The number of fused-ring (bicyclic) bond motifs is 1. The lowest BCUT2D eigenvalue weighted by atomic mass is 9.95. The Kier molecular flexibility index (Phi) is 4.75. The number of carbonyl (C=O) groups excluding carboxylic acids is 1. The SMILES string of the molecule is CCOC(=O)c1cnc2ccc(F)cc2c1N1CCCC(c2ncc[nH]2)C1. The van der Waals surface area contributed by atoms with Crippen LogP contribution in [-0.4, -0.2) is 40.6 Å². The van der Waals surface area contributed by atoms with Crippen LogP contribution in [0, 0.1) is 5.82 Å². The average molecular weight is 368 g/mol. The number of carbonyl (C=O) groups is 1. The summed E-state index contributed by atoms with van der Waals surface area (Å²) < 4.78 is 19.2. The topological polar surface area (TPSA) is 71.1 Å². The molecule has 0 spiro atoms. The van der Waals surface area contributed by atoms with Crippen LogP contribution in [0.4, 0.5) is 10.1 Å². The fraction of sp³-hybridized carbons (Fsp3) is 0.350. The molecule has 3 heterocycles. The van der Waals surface area contributed by atoms with Gasteiger partial charge in [0.05, 0.1) is 17.8 Å². The number of nitrogens with zero attached hydrogens (tertiary/aromatic N) is 3. The highest BCUT2D eigenvalue weighted by Gasteiger charge is 2.28. The third-order valence-electron chi connectivity index (χ3n) is 4.94. The number of hydrogen-bond donors (Lipinski definition) is 1. The van der Waals surface area contributed by atoms with Crippen LogP contribution in [0.15, 0.2) is 36.8 Å². The molecule has 1 saturated heterocycles. The number of pyridine rings is 1. The Morgan fingerprint density at radius 2 is 2.30 bits per heavy atom. The maximum atomic E-state index is 14.0. The number of aromatic nitrogens is 3. The Hall–Kier alpha value is -2.96. The number of benzene rings is 1. The van der Waals surface area contributed by atoms with Gasteiger partial charge in [-0.2, -0.15) is 0 Å². The molecule has 3 aromatic rings. The molecule has 1 N–H and O–H groups in total. The average Bonchev–Trinajstić information content (AvgIpc) is 3.22. The Bertz CT molecular complexity index is 958. The molecule has 1 aliphatic heterocycles. The molecule has 1 fully saturated rings. The fourth-order valence-electron chi connectivity index (χ4n) is 3.75. The van der Waals surface area contributed by atoms with Gasteiger partial charge in [0.15, 0.2) is 0 Å². The molecule has 2 aromatic heterocycles. The van der Waals surface area contributed by atoms with Gasteiger partial charge in [0, 0.05) is 43.0 Å². The van der Waals surface area contributed by atoms with Gasteiger partial charge in [0.25, 0.3) is 0 Å². The first-order valence-corrected chi connectivity index (χ1v) is 9.17. The lowest BCUT2D eigenvalue weighted by Gasteiger charge is -2.35. The number of halogens is 1. The van der Waals surface area contributed by atoms with E-state index in [4.69, 9.17) is 4.74 Å². The number of rotatable bonds is 4. The summed E-state index contributed by atoms with van der Waals surface area (Å²) in [4.78, 5) is 26.6. The summed E-state index contributed by atoms with van der Waals surface area (Å²) in [7, 11) is 0. The Balaban J connectivity index is 1.81. The van der Waals surface area contributed by atoms with E-state index in [1.54, 1.807) is 19.2 Å². The van der Waals surface area contributed by atoms with Crippen molar-refractivity contribution in [1.29, 1.82) is 0 Å². The number of aromatic amines is 1. The van der Waals surface area contributed by atoms with Gasteiger partial charge in [-0.3, -0.25) is 4.98 Å². The van der Waals surface area contributed by atoms with Crippen LogP contribution in [0.1, 0.15) is 41.9 Å². The van der Waals surface area contributed by atoms with E-state index in [-0.39, 0.29) is 18.3 Å². The lowest BCUT2D eigenvalue weighted by molar-refractivity contribution is 0.0526. The zero-order chi connectivity index (χ0) is 18.8. The van der Waals surface area contributed by atoms with Crippen molar-refractivity contribution in [2.45, 2.75) is 25.7 Å². The quantitative estimate of drug-likeness (QED) is 0.712. The summed E-state index contributed by atoms with van der Waals surface area (Å²) >= 11 is 0. The molecule has 4 rings (SSSR count). The van der Waals surface area contributed by atoms with Gasteiger partial charge in [0.2, 0.25) is 0 Å². The van der Waals surface area contributed by atoms with Crippen LogP contribution < -0.4 is 4.90 Å². The van der Waals surface area contributed by atoms with Crippen molar-refractivity contribution in [2.24, 2.45) is 0 Å². The number of piperidine rings is 1. The number of hydrogen-bond acceptors (Lipinski definition) is 5. The van der Waals surface area contributed by atoms with Crippen molar-refractivity contribution in [3.8, 4) is 0 Å². The monoisotopic (exact) mass is 368 g/mol. The summed E-state index contributed by atoms with van der Waals surface area (Å²) in [5, 5.41) is 0.626. The van der Waals surface area contributed by atoms with Gasteiger partial charge in [0.1, 0.15) is 17.2 Å². The van der Waals surface area contributed by atoms with E-state index in [9.17, 15) is 9.18 Å². The predicted molar refractivity (Wildman–Crippen MR) is 100 cm³/mol. The highest BCUT2D eigenvalue weighted by Crippen LogP contribution is 2.35. The standard InChI is InChI=1S/C20H21FN4O2/c1-2-27-20(26)16-11-24-17-6-5-14(21)10-15(17)18(16)25-9-3-4-13(12-25)19-22-7-8-23-19/h5-8,10-11,13H,2-4,9,12H2,1H3,(H,22,23). The van der Waals surface area contributed by atoms with Crippen molar-refractivity contribution in [3.63, 3.8) is 0 Å². The first-order chi connectivity index (χ1) is 13.2. The van der Waals surface area contributed by atoms with E-state index in [1.807, 2.05) is 6.20 Å². The van der Waals surface area contributed by atoms with Crippen LogP contribution in [0.2, 0.25) is 0 Å². The molecule has 7 heteroatoms. The summed E-state index contributed by atoms with van der Waals surface area (Å²) in [6, 6.07) is 4.46. The minimum absolute atomic E-state index is 0.223. The number of ether oxygens (including phenoxy) is 1. The molecular weight excluding hydrogens is 347 g/mol. The molecule has 1 unspecified atom stereocenters. The molecule has 1 aliphatic rings. The molecule has 1 atom stereocenters. The van der Waals surface area contributed by atoms with Crippen LogP contribution in [-0.2, 0) is 4.74 Å². The largest absolute Gasteiger partial charge is 0.462 e. The molecular formula is C20H21FN4O2. The van der Waals surface area contributed by atoms with Gasteiger partial charge in [-0.1, -0.05) is 0 Å². The van der Waals surface area contributed by atoms with E-state index < -0.39 is 5.97 Å². The first-order valence-electron chi connectivity index (χ1n) is 9.17. The summed E-state index contributed by atoms with van der Waals surface area (Å²) in [5.74, 6) is 0.361. The maximum absolute atomic E-state index is 14.0. The molecule has 27 heavy (non-hydrogen) atoms. The Labute approximate surface area is 156 Å². The van der Waals surface area contributed by atoms with Crippen molar-refractivity contribution in [2.75, 3.05) is 24.6 Å². The number of imidazole rings is 1. The van der Waals surface area contributed by atoms with E-state index in [0.29, 0.717) is 28.7 Å². The minimum Gasteiger partial charge on any atom is -0.462 e. The molecule has 6 nitrogen and oxygen atoms in total. The third kappa shape index (κ3) is 3.37. The maximum Gasteiger partial charge on any atom is 0.341 e. The minimum atomic E-state index is -0.439. The molecule has 0 bridgehead atoms. The zero-order valence-corrected chi connectivity index (χ0v) is 15.1. The molecule has 0 saturated carbocycles. The van der Waals surface area contributed by atoms with Gasteiger partial charge in [-0.15, -0.1) is 0 Å². The third-order valence-corrected chi connectivity index (χ3v) is 4.94. The van der Waals surface area contributed by atoms with Gasteiger partial charge < -0.3 is 14.6 Å². The van der Waals surface area contributed by atoms with Crippen LogP contribution >= 0.6 is 0 Å². The van der Waals surface area contributed by atoms with E-state index in [1.165, 1.54) is 18.3 Å². The Morgan fingerprint density at radius 1 is 1.41 bits per heavy atom. The van der Waals surface area contributed by atoms with E-state index in [2.05, 4.69) is 19.9 Å². The van der Waals surface area contributed by atoms with Crippen molar-refractivity contribution in [3.05, 3.63) is 54.0 Å². The number of nitrogens with one attached hydrogen (secondary N) is 1. The number of anilines is 1. The van der Waals surface area contributed by atoms with Crippen molar-refractivity contribution in [1.82, 2.24) is 15.0 Å². The Morgan fingerprint density at radius 3 is 3.07 bits per heavy atom. The van der Waals surface area contributed by atoms with E-state index in [0.717, 1.165) is 25.2 Å². The number of H-pyrrole nitrogens is 1. The molecule has 0 amide bonds. The highest BCUT2D eigenvalue weighted by atomic mass is 19.1. The molecule has 1 aromatic carbocycles. The second-order valence-corrected chi connectivity index (χ2v) is 6.66. The van der Waals surface area contributed by atoms with E-state index >= 15 is 0 Å². The molecule has 140 valence electrons. The summed E-state index contributed by atoms with van der Waals surface area (Å²) in [6.07, 6.45) is 7.05. The molecule has 0 radical (unpaired) electrons. The van der Waals surface area contributed by atoms with Gasteiger partial charge >= 0.3 is 5.97 Å². The van der Waals surface area contributed by atoms with Crippen molar-refractivity contribution >= 4 is 22.6 Å². The predicted octanol–water partition coefficient (Wildman–Crippen LogP) is 3.66. The van der Waals surface area contributed by atoms with Gasteiger partial charge in [-0.25, -0.2) is 14.2 Å². The lowest BCUT2D eigenvalue weighted by Crippen LogP contribution is -2.36. The highest BCUT2D eigenvalue weighted by molar-refractivity contribution is 6.05.